The summed E-state index contributed by atoms with van der Waals surface area (Å²) in [5, 5.41) is 3.16. The molecule has 0 saturated carbocycles. The molecule has 0 radical (unpaired) electrons. The van der Waals surface area contributed by atoms with E-state index in [0.717, 1.165) is 13.0 Å². The number of hydrogen-bond donors (Lipinski definition) is 3. The maximum atomic E-state index is 5.86. The molecular formula is C11H19N6O+. The number of aromatic nitrogens is 4. The number of nitrogens with one attached hydrogen (secondary N) is 3. The van der Waals surface area contributed by atoms with E-state index in [2.05, 4.69) is 32.2 Å². The molecule has 2 aromatic rings. The van der Waals surface area contributed by atoms with E-state index in [4.69, 9.17) is 10.5 Å². The highest BCUT2D eigenvalue weighted by Crippen LogP contribution is 2.16. The molecule has 0 fully saturated rings. The molecule has 0 aliphatic heterocycles. The Hall–Kier alpha value is -2.05. The van der Waals surface area contributed by atoms with Gasteiger partial charge < -0.3 is 15.8 Å². The topological polar surface area (TPSA) is 103 Å². The first-order valence-electron chi connectivity index (χ1n) is 6.11. The summed E-state index contributed by atoms with van der Waals surface area (Å²) >= 11 is 0. The van der Waals surface area contributed by atoms with E-state index in [9.17, 15) is 0 Å². The number of unbranched alkanes of at least 4 members (excludes halogenated alkanes) is 2. The largest absolute Gasteiger partial charge is 0.446 e. The Morgan fingerprint density at radius 3 is 2.94 bits per heavy atom. The molecule has 0 aromatic carbocycles. The molecule has 98 valence electrons. The molecule has 7 heteroatoms. The molecule has 0 saturated heterocycles. The van der Waals surface area contributed by atoms with E-state index in [1.807, 2.05) is 0 Å². The zero-order valence-electron chi connectivity index (χ0n) is 10.7. The second-order valence-electron chi connectivity index (χ2n) is 4.07. The number of nitrogen functional groups attached to an aromatic ring is 1. The average molecular weight is 251 g/mol. The van der Waals surface area contributed by atoms with E-state index < -0.39 is 0 Å². The minimum atomic E-state index is 0.401. The Balaban J connectivity index is 2.14. The van der Waals surface area contributed by atoms with Crippen molar-refractivity contribution in [3.05, 3.63) is 0 Å². The second-order valence-corrected chi connectivity index (χ2v) is 4.07. The molecule has 2 rings (SSSR count). The van der Waals surface area contributed by atoms with Gasteiger partial charge in [-0.25, -0.2) is 9.97 Å². The van der Waals surface area contributed by atoms with Crippen LogP contribution in [0.25, 0.3) is 11.2 Å². The van der Waals surface area contributed by atoms with Gasteiger partial charge in [-0.2, -0.15) is 4.98 Å². The van der Waals surface area contributed by atoms with Crippen molar-refractivity contribution >= 4 is 22.9 Å². The molecule has 0 aliphatic carbocycles. The number of anilines is 2. The number of nitrogens with zero attached hydrogens (tertiary/aromatic N) is 2. The molecule has 0 bridgehead atoms. The van der Waals surface area contributed by atoms with Gasteiger partial charge in [0.1, 0.15) is 0 Å². The molecule has 5 N–H and O–H groups in total. The third-order valence-electron chi connectivity index (χ3n) is 2.68. The van der Waals surface area contributed by atoms with Gasteiger partial charge in [0, 0.05) is 6.54 Å². The monoisotopic (exact) mass is 251 g/mol. The fourth-order valence-electron chi connectivity index (χ4n) is 1.70. The summed E-state index contributed by atoms with van der Waals surface area (Å²) < 4.78 is 5.05. The number of imidazole rings is 1. The molecule has 0 atom stereocenters. The van der Waals surface area contributed by atoms with Crippen molar-refractivity contribution < 1.29 is 9.72 Å². The second kappa shape index (κ2) is 5.52. The van der Waals surface area contributed by atoms with Crippen LogP contribution in [0.3, 0.4) is 0 Å². The van der Waals surface area contributed by atoms with Gasteiger partial charge in [-0.05, 0) is 6.42 Å². The molecule has 18 heavy (non-hydrogen) atoms. The van der Waals surface area contributed by atoms with Crippen LogP contribution in [-0.4, -0.2) is 28.6 Å². The lowest BCUT2D eigenvalue weighted by molar-refractivity contribution is -0.364. The zero-order chi connectivity index (χ0) is 13.0. The zero-order valence-corrected chi connectivity index (χ0v) is 10.7. The summed E-state index contributed by atoms with van der Waals surface area (Å²) in [4.78, 5) is 14.5. The number of fused-ring (bicyclic) bond motifs is 1. The van der Waals surface area contributed by atoms with Crippen LogP contribution in [0.15, 0.2) is 0 Å². The van der Waals surface area contributed by atoms with Crippen LogP contribution in [0.5, 0.6) is 6.01 Å². The number of ether oxygens (including phenoxy) is 1. The first-order chi connectivity index (χ1) is 8.74. The Morgan fingerprint density at radius 2 is 2.22 bits per heavy atom. The van der Waals surface area contributed by atoms with E-state index in [1.165, 1.54) is 12.8 Å². The number of nitrogens with two attached hydrogens (primary N) is 1. The van der Waals surface area contributed by atoms with E-state index >= 15 is 0 Å². The number of aromatic amines is 2. The van der Waals surface area contributed by atoms with Crippen molar-refractivity contribution in [1.82, 2.24) is 15.0 Å². The molecule has 0 amide bonds. The van der Waals surface area contributed by atoms with Crippen LogP contribution < -0.4 is 20.8 Å². The maximum Gasteiger partial charge on any atom is 0.395 e. The Bertz CT molecular complexity index is 523. The third-order valence-corrected chi connectivity index (χ3v) is 2.68. The molecule has 2 heterocycles. The minimum Gasteiger partial charge on any atom is -0.446 e. The normalized spacial score (nSPS) is 10.8. The molecule has 0 unspecified atom stereocenters. The predicted molar refractivity (Wildman–Crippen MR) is 69.4 cm³/mol. The van der Waals surface area contributed by atoms with Crippen molar-refractivity contribution in [1.29, 1.82) is 0 Å². The summed E-state index contributed by atoms with van der Waals surface area (Å²) in [5.74, 6) is 0.937. The Morgan fingerprint density at radius 1 is 1.39 bits per heavy atom. The summed E-state index contributed by atoms with van der Waals surface area (Å²) in [7, 11) is 1.56. The summed E-state index contributed by atoms with van der Waals surface area (Å²) in [6.45, 7) is 3.02. The first kappa shape index (κ1) is 12.4. The highest BCUT2D eigenvalue weighted by molar-refractivity contribution is 5.80. The average Bonchev–Trinajstić information content (AvgIpc) is 2.78. The molecule has 0 spiro atoms. The van der Waals surface area contributed by atoms with Crippen molar-refractivity contribution in [3.8, 4) is 6.01 Å². The van der Waals surface area contributed by atoms with Crippen molar-refractivity contribution in [3.63, 3.8) is 0 Å². The van der Waals surface area contributed by atoms with Crippen LogP contribution in [0.1, 0.15) is 26.2 Å². The van der Waals surface area contributed by atoms with Gasteiger partial charge in [-0.1, -0.05) is 24.7 Å². The van der Waals surface area contributed by atoms with E-state index in [1.54, 1.807) is 7.11 Å². The van der Waals surface area contributed by atoms with E-state index in [0.29, 0.717) is 28.9 Å². The minimum absolute atomic E-state index is 0.401. The van der Waals surface area contributed by atoms with Crippen molar-refractivity contribution in [2.45, 2.75) is 26.2 Å². The molecular weight excluding hydrogens is 232 g/mol. The van der Waals surface area contributed by atoms with Gasteiger partial charge >= 0.3 is 17.6 Å². The summed E-state index contributed by atoms with van der Waals surface area (Å²) in [6, 6.07) is 0.508. The molecule has 7 nitrogen and oxygen atoms in total. The lowest BCUT2D eigenvalue weighted by Crippen LogP contribution is -2.10. The van der Waals surface area contributed by atoms with Crippen LogP contribution in [-0.2, 0) is 0 Å². The van der Waals surface area contributed by atoms with Crippen LogP contribution in [0, 0.1) is 0 Å². The quantitative estimate of drug-likeness (QED) is 0.664. The summed E-state index contributed by atoms with van der Waals surface area (Å²) in [6.07, 6.45) is 3.47. The van der Waals surface area contributed by atoms with Gasteiger partial charge in [0.25, 0.3) is 0 Å². The predicted octanol–water partition coefficient (Wildman–Crippen LogP) is 0.965. The standard InChI is InChI=1S/C11H18N6O/c1-3-4-5-6-13-10-15-8(12)7-9(16-10)17-11(14-7)18-2/h3-6H2,1-2H3,(H4,12,13,14,15,16,17)/p+1. The van der Waals surface area contributed by atoms with Gasteiger partial charge in [-0.15, -0.1) is 0 Å². The maximum absolute atomic E-state index is 5.86. The van der Waals surface area contributed by atoms with Crippen LogP contribution in [0.4, 0.5) is 11.8 Å². The Labute approximate surface area is 105 Å². The van der Waals surface area contributed by atoms with Crippen LogP contribution in [0.2, 0.25) is 0 Å². The highest BCUT2D eigenvalue weighted by Gasteiger charge is 2.17. The van der Waals surface area contributed by atoms with Gasteiger partial charge in [0.15, 0.2) is 5.82 Å². The number of hydrogen-bond acceptors (Lipinski definition) is 5. The fourth-order valence-corrected chi connectivity index (χ4v) is 1.70. The van der Waals surface area contributed by atoms with E-state index in [-0.39, 0.29) is 0 Å². The summed E-state index contributed by atoms with van der Waals surface area (Å²) in [5.41, 5.74) is 7.15. The van der Waals surface area contributed by atoms with Crippen LogP contribution >= 0.6 is 0 Å². The third kappa shape index (κ3) is 2.61. The number of rotatable bonds is 6. The first-order valence-corrected chi connectivity index (χ1v) is 6.11. The number of methoxy groups -OCH3 is 1. The van der Waals surface area contributed by atoms with Gasteiger partial charge in [-0.3, -0.25) is 0 Å². The number of H-pyrrole nitrogens is 2. The van der Waals surface area contributed by atoms with Crippen molar-refractivity contribution in [2.75, 3.05) is 24.7 Å². The van der Waals surface area contributed by atoms with Gasteiger partial charge in [0.05, 0.1) is 7.11 Å². The lowest BCUT2D eigenvalue weighted by Gasteiger charge is -2.01. The SMILES string of the molecule is CCCCCNc1nc(N)c2[nH]c(OC)[nH+]c2n1. The lowest BCUT2D eigenvalue weighted by atomic mass is 10.2. The highest BCUT2D eigenvalue weighted by atomic mass is 16.5. The fraction of sp³-hybridized carbons (Fsp3) is 0.545. The van der Waals surface area contributed by atoms with Gasteiger partial charge in [0.2, 0.25) is 5.52 Å². The molecule has 2 aromatic heterocycles. The van der Waals surface area contributed by atoms with Crippen molar-refractivity contribution in [2.24, 2.45) is 0 Å². The Kier molecular flexibility index (Phi) is 3.81. The molecule has 0 aliphatic rings. The smallest absolute Gasteiger partial charge is 0.395 e.